The zero-order chi connectivity index (χ0) is 35.0. The van der Waals surface area contributed by atoms with Gasteiger partial charge in [-0.3, -0.25) is 35.0 Å². The van der Waals surface area contributed by atoms with Crippen LogP contribution in [0.25, 0.3) is 0 Å². The summed E-state index contributed by atoms with van der Waals surface area (Å²) in [5.74, 6) is -7.63. The lowest BCUT2D eigenvalue weighted by Gasteiger charge is -2.24. The van der Waals surface area contributed by atoms with Crippen LogP contribution >= 0.6 is 0 Å². The Labute approximate surface area is 259 Å². The fourth-order valence-electron chi connectivity index (χ4n) is 3.74. The van der Waals surface area contributed by atoms with Crippen molar-refractivity contribution >= 4 is 41.5 Å². The largest absolute Gasteiger partial charge is 0.490 e. The molecule has 0 bridgehead atoms. The second-order valence-corrected chi connectivity index (χ2v) is 9.56. The van der Waals surface area contributed by atoms with Crippen LogP contribution < -0.4 is 33.2 Å². The molecule has 0 radical (unpaired) electrons. The summed E-state index contributed by atoms with van der Waals surface area (Å²) >= 11 is 0. The first-order valence-corrected chi connectivity index (χ1v) is 13.3. The van der Waals surface area contributed by atoms with E-state index in [4.69, 9.17) is 37.9 Å². The molecule has 2 rings (SSSR count). The molecule has 19 heteroatoms. The Morgan fingerprint density at radius 1 is 0.913 bits per heavy atom. The third-order valence-corrected chi connectivity index (χ3v) is 6.01. The number of carbonyl (C=O) groups excluding carboxylic acids is 3. The molecule has 250 valence electrons. The number of nitrogen functional groups attached to an aromatic ring is 1. The van der Waals surface area contributed by atoms with Crippen molar-refractivity contribution in [3.8, 4) is 0 Å². The van der Waals surface area contributed by atoms with Crippen LogP contribution in [-0.2, 0) is 30.4 Å². The van der Waals surface area contributed by atoms with Gasteiger partial charge in [0.25, 0.3) is 0 Å². The molecule has 0 saturated heterocycles. The number of hydrogen-bond donors (Lipinski definition) is 10. The summed E-state index contributed by atoms with van der Waals surface area (Å²) in [4.78, 5) is 62.7. The average Bonchev–Trinajstić information content (AvgIpc) is 2.97. The molecule has 46 heavy (non-hydrogen) atoms. The molecule has 1 aromatic carbocycles. The number of carboxylic acids is 2. The molecule has 13 N–H and O–H groups in total. The highest BCUT2D eigenvalue weighted by atomic mass is 19.4. The highest BCUT2D eigenvalue weighted by Crippen LogP contribution is 2.22. The number of nitrogens with one attached hydrogen (secondary N) is 5. The van der Waals surface area contributed by atoms with Gasteiger partial charge >= 0.3 is 18.1 Å². The minimum Gasteiger partial charge on any atom is -0.481 e. The number of guanidine groups is 1. The molecule has 0 saturated carbocycles. The van der Waals surface area contributed by atoms with Gasteiger partial charge in [-0.25, -0.2) is 4.79 Å². The van der Waals surface area contributed by atoms with Crippen LogP contribution in [0.5, 0.6) is 0 Å². The van der Waals surface area contributed by atoms with Crippen LogP contribution in [0.3, 0.4) is 0 Å². The van der Waals surface area contributed by atoms with Crippen molar-refractivity contribution in [2.45, 2.75) is 49.9 Å². The van der Waals surface area contributed by atoms with Crippen molar-refractivity contribution < 1.29 is 47.4 Å². The molecule has 2 unspecified atom stereocenters. The quantitative estimate of drug-likeness (QED) is 0.0665. The van der Waals surface area contributed by atoms with E-state index in [1.807, 2.05) is 0 Å². The van der Waals surface area contributed by atoms with Crippen LogP contribution in [0, 0.1) is 10.8 Å². The van der Waals surface area contributed by atoms with E-state index >= 15 is 0 Å². The number of amides is 3. The highest BCUT2D eigenvalue weighted by Gasteiger charge is 2.38. The molecule has 2 aromatic rings. The summed E-state index contributed by atoms with van der Waals surface area (Å²) in [5.41, 5.74) is 17.9. The van der Waals surface area contributed by atoms with E-state index in [-0.39, 0.29) is 31.2 Å². The monoisotopic (exact) mass is 653 g/mol. The number of hydrogen-bond acceptors (Lipinski definition) is 8. The van der Waals surface area contributed by atoms with Gasteiger partial charge in [0, 0.05) is 24.5 Å². The minimum absolute atomic E-state index is 0.101. The average molecular weight is 654 g/mol. The van der Waals surface area contributed by atoms with Gasteiger partial charge in [-0.05, 0) is 36.5 Å². The molecule has 0 aliphatic carbocycles. The number of nitrogens with two attached hydrogens (primary N) is 3. The van der Waals surface area contributed by atoms with Gasteiger partial charge in [0.2, 0.25) is 17.7 Å². The van der Waals surface area contributed by atoms with Crippen LogP contribution in [0.4, 0.5) is 13.2 Å². The van der Waals surface area contributed by atoms with Gasteiger partial charge in [0.15, 0.2) is 5.96 Å². The lowest BCUT2D eigenvalue weighted by Crippen LogP contribution is -2.54. The number of aliphatic carboxylic acids is 2. The summed E-state index contributed by atoms with van der Waals surface area (Å²) in [6.45, 7) is 0.254. The third-order valence-electron chi connectivity index (χ3n) is 6.01. The van der Waals surface area contributed by atoms with Gasteiger partial charge in [0.05, 0.1) is 12.3 Å². The van der Waals surface area contributed by atoms with Crippen molar-refractivity contribution in [1.29, 1.82) is 10.8 Å². The standard InChI is InChI=1S/C25H33N9O5.C2HF3O2/c26-21(27)15-7-5-14(6-8-15)11-17(16-3-1-9-31-13-16)23(38)34-19(12-20(35)36)24(39)33-18(22(28)37)4-2-10-32-25(29)30;3-2(4,5)1(6)7/h1,3,5-9,13,17-19H,2,4,10-12H2,(H3,26,27)(H2,28,37)(H,33,39)(H,34,38)(H,35,36)(H4,29,30,32);(H,6,7)/t17-,18?,19?;/m0./s1. The third kappa shape index (κ3) is 14.1. The number of alkyl halides is 3. The normalized spacial score (nSPS) is 12.6. The predicted octanol–water partition coefficient (Wildman–Crippen LogP) is -0.482. The molecule has 0 spiro atoms. The molecule has 16 nitrogen and oxygen atoms in total. The van der Waals surface area contributed by atoms with E-state index in [0.29, 0.717) is 17.5 Å². The van der Waals surface area contributed by atoms with Gasteiger partial charge in [0.1, 0.15) is 17.9 Å². The molecule has 3 atom stereocenters. The van der Waals surface area contributed by atoms with Crippen molar-refractivity contribution in [2.24, 2.45) is 17.2 Å². The fraction of sp³-hybridized carbons (Fsp3) is 0.333. The maximum atomic E-state index is 13.4. The number of rotatable bonds is 15. The maximum absolute atomic E-state index is 13.4. The van der Waals surface area contributed by atoms with Gasteiger partial charge in [-0.15, -0.1) is 0 Å². The molecule has 3 amide bonds. The van der Waals surface area contributed by atoms with Crippen LogP contribution in [0.15, 0.2) is 48.8 Å². The van der Waals surface area contributed by atoms with Gasteiger partial charge in [-0.2, -0.15) is 13.2 Å². The van der Waals surface area contributed by atoms with E-state index in [0.717, 1.165) is 5.56 Å². The predicted molar refractivity (Wildman–Crippen MR) is 156 cm³/mol. The summed E-state index contributed by atoms with van der Waals surface area (Å²) in [6.07, 6.45) is -2.17. The number of amidine groups is 1. The molecular weight excluding hydrogens is 619 g/mol. The Hall–Kier alpha value is -5.75. The van der Waals surface area contributed by atoms with E-state index in [1.165, 1.54) is 12.4 Å². The highest BCUT2D eigenvalue weighted by molar-refractivity contribution is 5.96. The van der Waals surface area contributed by atoms with Crippen LogP contribution in [0.1, 0.15) is 41.9 Å². The second-order valence-electron chi connectivity index (χ2n) is 9.56. The first-order chi connectivity index (χ1) is 21.4. The van der Waals surface area contributed by atoms with Crippen molar-refractivity contribution in [3.63, 3.8) is 0 Å². The first kappa shape index (κ1) is 38.3. The smallest absolute Gasteiger partial charge is 0.481 e. The Morgan fingerprint density at radius 2 is 1.50 bits per heavy atom. The molecule has 1 heterocycles. The molecular formula is C27H34F3N9O7. The van der Waals surface area contributed by atoms with E-state index < -0.39 is 60.3 Å². The SMILES string of the molecule is N=C(N)NCCCC(NC(=O)C(CC(=O)O)NC(=O)[C@@H](Cc1ccc(C(=N)N)cc1)c1cccnc1)C(N)=O.O=C(O)C(F)(F)F. The summed E-state index contributed by atoms with van der Waals surface area (Å²) in [7, 11) is 0. The number of halogens is 3. The molecule has 0 fully saturated rings. The molecule has 0 aliphatic rings. The number of carboxylic acid groups (broad SMARTS) is 2. The van der Waals surface area contributed by atoms with E-state index in [1.54, 1.807) is 36.4 Å². The zero-order valence-electron chi connectivity index (χ0n) is 24.1. The Morgan fingerprint density at radius 3 is 1.96 bits per heavy atom. The number of primary amides is 1. The van der Waals surface area contributed by atoms with Crippen LogP contribution in [-0.4, -0.2) is 81.5 Å². The Balaban J connectivity index is 0.00000135. The van der Waals surface area contributed by atoms with Crippen molar-refractivity contribution in [1.82, 2.24) is 20.9 Å². The fourth-order valence-corrected chi connectivity index (χ4v) is 3.74. The summed E-state index contributed by atoms with van der Waals surface area (Å²) in [5, 5.41) is 38.7. The van der Waals surface area contributed by atoms with E-state index in [9.17, 15) is 37.5 Å². The topological polar surface area (TPSA) is 301 Å². The Kier molecular flexibility index (Phi) is 15.1. The lowest BCUT2D eigenvalue weighted by atomic mass is 9.91. The summed E-state index contributed by atoms with van der Waals surface area (Å²) < 4.78 is 31.7. The number of nitrogens with zero attached hydrogens (tertiary/aromatic N) is 1. The number of pyridine rings is 1. The Bertz CT molecular complexity index is 1390. The second kappa shape index (κ2) is 18.1. The maximum Gasteiger partial charge on any atom is 0.490 e. The number of aromatic nitrogens is 1. The van der Waals surface area contributed by atoms with Crippen LogP contribution in [0.2, 0.25) is 0 Å². The lowest BCUT2D eigenvalue weighted by molar-refractivity contribution is -0.192. The molecule has 1 aromatic heterocycles. The number of benzene rings is 1. The van der Waals surface area contributed by atoms with Crippen molar-refractivity contribution in [2.75, 3.05) is 6.54 Å². The summed E-state index contributed by atoms with van der Waals surface area (Å²) in [6, 6.07) is 7.43. The van der Waals surface area contributed by atoms with Gasteiger partial charge < -0.3 is 43.4 Å². The van der Waals surface area contributed by atoms with Crippen molar-refractivity contribution in [3.05, 3.63) is 65.5 Å². The first-order valence-electron chi connectivity index (χ1n) is 13.3. The zero-order valence-corrected chi connectivity index (χ0v) is 24.1. The minimum atomic E-state index is -5.08. The molecule has 0 aliphatic heterocycles. The number of carbonyl (C=O) groups is 5. The van der Waals surface area contributed by atoms with Gasteiger partial charge in [-0.1, -0.05) is 30.3 Å². The van der Waals surface area contributed by atoms with E-state index in [2.05, 4.69) is 20.9 Å².